The highest BCUT2D eigenvalue weighted by atomic mass is 15.6. The summed E-state index contributed by atoms with van der Waals surface area (Å²) in [5, 5.41) is 11.6. The van der Waals surface area contributed by atoms with Crippen molar-refractivity contribution in [3.63, 3.8) is 0 Å². The molecule has 0 aliphatic heterocycles. The van der Waals surface area contributed by atoms with E-state index in [0.29, 0.717) is 12.6 Å². The van der Waals surface area contributed by atoms with Gasteiger partial charge in [0.1, 0.15) is 0 Å². The average molecular weight is 215 g/mol. The number of tetrazole rings is 1. The average Bonchev–Trinajstić information content (AvgIpc) is 2.94. The van der Waals surface area contributed by atoms with E-state index in [1.165, 1.54) is 11.1 Å². The van der Waals surface area contributed by atoms with Gasteiger partial charge in [0.05, 0.1) is 12.6 Å². The second-order valence-corrected chi connectivity index (χ2v) is 4.07. The first-order valence-corrected chi connectivity index (χ1v) is 5.42. The van der Waals surface area contributed by atoms with Crippen LogP contribution in [0.1, 0.15) is 23.0 Å². The van der Waals surface area contributed by atoms with Crippen molar-refractivity contribution in [2.75, 3.05) is 0 Å². The Kier molecular flexibility index (Phi) is 2.18. The van der Waals surface area contributed by atoms with Gasteiger partial charge in [-0.3, -0.25) is 0 Å². The standard InChI is InChI=1S/C11H13N5/c12-7-11-13-14-15-16(11)10-5-8-3-1-2-4-9(8)6-10/h1-4,10H,5-7,12H2. The Morgan fingerprint density at radius 1 is 1.25 bits per heavy atom. The van der Waals surface area contributed by atoms with Crippen LogP contribution in [-0.2, 0) is 19.4 Å². The molecule has 5 nitrogen and oxygen atoms in total. The maximum Gasteiger partial charge on any atom is 0.165 e. The molecule has 5 heteroatoms. The van der Waals surface area contributed by atoms with Gasteiger partial charge >= 0.3 is 0 Å². The Bertz CT molecular complexity index is 480. The Hall–Kier alpha value is -1.75. The smallest absolute Gasteiger partial charge is 0.165 e. The molecule has 1 aromatic heterocycles. The minimum Gasteiger partial charge on any atom is -0.324 e. The second kappa shape index (κ2) is 3.68. The molecule has 0 bridgehead atoms. The highest BCUT2D eigenvalue weighted by molar-refractivity contribution is 5.32. The number of nitrogens with zero attached hydrogens (tertiary/aromatic N) is 4. The summed E-state index contributed by atoms with van der Waals surface area (Å²) >= 11 is 0. The molecule has 1 aliphatic rings. The van der Waals surface area contributed by atoms with E-state index in [4.69, 9.17) is 5.73 Å². The van der Waals surface area contributed by atoms with E-state index in [1.807, 2.05) is 4.68 Å². The third-order valence-electron chi connectivity index (χ3n) is 3.12. The normalized spacial score (nSPS) is 15.3. The van der Waals surface area contributed by atoms with Crippen molar-refractivity contribution in [2.45, 2.75) is 25.4 Å². The molecule has 0 unspecified atom stereocenters. The molecule has 2 N–H and O–H groups in total. The van der Waals surface area contributed by atoms with Gasteiger partial charge in [0.2, 0.25) is 0 Å². The van der Waals surface area contributed by atoms with Crippen molar-refractivity contribution in [2.24, 2.45) is 5.73 Å². The Morgan fingerprint density at radius 2 is 1.94 bits per heavy atom. The maximum atomic E-state index is 5.60. The van der Waals surface area contributed by atoms with Gasteiger partial charge in [0, 0.05) is 0 Å². The van der Waals surface area contributed by atoms with Gasteiger partial charge in [0.25, 0.3) is 0 Å². The predicted molar refractivity (Wildman–Crippen MR) is 58.6 cm³/mol. The summed E-state index contributed by atoms with van der Waals surface area (Å²) in [6.45, 7) is 0.389. The molecule has 82 valence electrons. The molecule has 2 aromatic rings. The lowest BCUT2D eigenvalue weighted by molar-refractivity contribution is 0.445. The van der Waals surface area contributed by atoms with Crippen molar-refractivity contribution in [1.82, 2.24) is 20.2 Å². The van der Waals surface area contributed by atoms with Gasteiger partial charge in [-0.05, 0) is 34.4 Å². The van der Waals surface area contributed by atoms with Crippen LogP contribution in [0.2, 0.25) is 0 Å². The summed E-state index contributed by atoms with van der Waals surface area (Å²) in [6, 6.07) is 8.81. The molecule has 0 amide bonds. The molecule has 0 spiro atoms. The van der Waals surface area contributed by atoms with Crippen LogP contribution in [-0.4, -0.2) is 20.2 Å². The molecule has 0 fully saturated rings. The quantitative estimate of drug-likeness (QED) is 0.790. The summed E-state index contributed by atoms with van der Waals surface area (Å²) in [5.74, 6) is 0.762. The highest BCUT2D eigenvalue weighted by Crippen LogP contribution is 2.29. The highest BCUT2D eigenvalue weighted by Gasteiger charge is 2.25. The molecule has 1 aliphatic carbocycles. The first kappa shape index (κ1) is 9.47. The first-order chi connectivity index (χ1) is 7.88. The van der Waals surface area contributed by atoms with Crippen LogP contribution in [0.3, 0.4) is 0 Å². The van der Waals surface area contributed by atoms with Crippen LogP contribution in [0, 0.1) is 0 Å². The second-order valence-electron chi connectivity index (χ2n) is 4.07. The topological polar surface area (TPSA) is 69.6 Å². The van der Waals surface area contributed by atoms with Crippen LogP contribution < -0.4 is 5.73 Å². The Balaban J connectivity index is 1.91. The van der Waals surface area contributed by atoms with Crippen molar-refractivity contribution in [3.05, 3.63) is 41.2 Å². The number of fused-ring (bicyclic) bond motifs is 1. The van der Waals surface area contributed by atoms with Crippen LogP contribution in [0.4, 0.5) is 0 Å². The van der Waals surface area contributed by atoms with E-state index in [-0.39, 0.29) is 0 Å². The lowest BCUT2D eigenvalue weighted by atomic mass is 10.1. The van der Waals surface area contributed by atoms with Gasteiger partial charge in [-0.25, -0.2) is 4.68 Å². The van der Waals surface area contributed by atoms with Gasteiger partial charge in [-0.2, -0.15) is 0 Å². The maximum absolute atomic E-state index is 5.60. The zero-order chi connectivity index (χ0) is 11.0. The molecular weight excluding hydrogens is 202 g/mol. The fourth-order valence-electron chi connectivity index (χ4n) is 2.34. The molecule has 0 saturated carbocycles. The third kappa shape index (κ3) is 1.40. The lowest BCUT2D eigenvalue weighted by Crippen LogP contribution is -2.16. The number of aromatic nitrogens is 4. The predicted octanol–water partition coefficient (Wildman–Crippen LogP) is 0.472. The van der Waals surface area contributed by atoms with Crippen molar-refractivity contribution < 1.29 is 0 Å². The summed E-state index contributed by atoms with van der Waals surface area (Å²) in [4.78, 5) is 0. The van der Waals surface area contributed by atoms with E-state index in [0.717, 1.165) is 18.7 Å². The van der Waals surface area contributed by atoms with E-state index in [1.54, 1.807) is 0 Å². The van der Waals surface area contributed by atoms with Gasteiger partial charge in [-0.1, -0.05) is 24.3 Å². The monoisotopic (exact) mass is 215 g/mol. The van der Waals surface area contributed by atoms with E-state index >= 15 is 0 Å². The summed E-state index contributed by atoms with van der Waals surface area (Å²) in [7, 11) is 0. The van der Waals surface area contributed by atoms with Crippen molar-refractivity contribution in [1.29, 1.82) is 0 Å². The molecule has 1 aromatic carbocycles. The summed E-state index contributed by atoms with van der Waals surface area (Å²) in [6.07, 6.45) is 1.99. The first-order valence-electron chi connectivity index (χ1n) is 5.42. The molecular formula is C11H13N5. The largest absolute Gasteiger partial charge is 0.324 e. The molecule has 1 heterocycles. The minimum absolute atomic E-state index is 0.325. The number of hydrogen-bond donors (Lipinski definition) is 1. The van der Waals surface area contributed by atoms with Crippen molar-refractivity contribution in [3.8, 4) is 0 Å². The zero-order valence-electron chi connectivity index (χ0n) is 8.87. The fourth-order valence-corrected chi connectivity index (χ4v) is 2.34. The Labute approximate surface area is 93.3 Å². The molecule has 0 saturated heterocycles. The van der Waals surface area contributed by atoms with Crippen molar-refractivity contribution >= 4 is 0 Å². The van der Waals surface area contributed by atoms with Gasteiger partial charge in [0.15, 0.2) is 5.82 Å². The molecule has 3 rings (SSSR count). The number of nitrogens with two attached hydrogens (primary N) is 1. The van der Waals surface area contributed by atoms with E-state index < -0.39 is 0 Å². The fraction of sp³-hybridized carbons (Fsp3) is 0.364. The van der Waals surface area contributed by atoms with E-state index in [2.05, 4.69) is 39.8 Å². The Morgan fingerprint density at radius 3 is 2.56 bits per heavy atom. The van der Waals surface area contributed by atoms with Crippen LogP contribution in [0.5, 0.6) is 0 Å². The SMILES string of the molecule is NCc1nnnn1C1Cc2ccccc2C1. The van der Waals surface area contributed by atoms with Crippen LogP contribution in [0.15, 0.2) is 24.3 Å². The van der Waals surface area contributed by atoms with Gasteiger partial charge < -0.3 is 5.73 Å². The number of rotatable bonds is 2. The number of hydrogen-bond acceptors (Lipinski definition) is 4. The molecule has 16 heavy (non-hydrogen) atoms. The lowest BCUT2D eigenvalue weighted by Gasteiger charge is -2.10. The molecule has 0 radical (unpaired) electrons. The summed E-state index contributed by atoms with van der Waals surface area (Å²) < 4.78 is 1.86. The zero-order valence-corrected chi connectivity index (χ0v) is 8.87. The van der Waals surface area contributed by atoms with E-state index in [9.17, 15) is 0 Å². The van der Waals surface area contributed by atoms with Gasteiger partial charge in [-0.15, -0.1) is 5.10 Å². The van der Waals surface area contributed by atoms with Crippen LogP contribution in [0.25, 0.3) is 0 Å². The number of benzene rings is 1. The minimum atomic E-state index is 0.325. The summed E-state index contributed by atoms with van der Waals surface area (Å²) in [5.41, 5.74) is 8.39. The molecule has 0 atom stereocenters. The van der Waals surface area contributed by atoms with Crippen LogP contribution >= 0.6 is 0 Å². The third-order valence-corrected chi connectivity index (χ3v) is 3.12.